The number of aliphatic carboxylic acids is 2. The first-order valence-electron chi connectivity index (χ1n) is 13.3. The van der Waals surface area contributed by atoms with Crippen LogP contribution < -0.4 is 15.0 Å². The Kier molecular flexibility index (Phi) is 9.85. The largest absolute Gasteiger partial charge is 0.493 e. The fourth-order valence-electron chi connectivity index (χ4n) is 4.65. The molecule has 1 aliphatic heterocycles. The number of aromatic nitrogens is 3. The zero-order valence-corrected chi connectivity index (χ0v) is 22.1. The number of anilines is 1. The molecule has 0 spiro atoms. The van der Waals surface area contributed by atoms with E-state index in [4.69, 9.17) is 19.5 Å². The molecule has 1 saturated heterocycles. The summed E-state index contributed by atoms with van der Waals surface area (Å²) in [6, 6.07) is 6.21. The van der Waals surface area contributed by atoms with E-state index in [-0.39, 0.29) is 0 Å². The van der Waals surface area contributed by atoms with Gasteiger partial charge in [-0.2, -0.15) is 0 Å². The molecule has 2 aliphatic rings. The van der Waals surface area contributed by atoms with Gasteiger partial charge in [0, 0.05) is 43.4 Å². The average Bonchev–Trinajstić information content (AvgIpc) is 3.69. The standard InChI is InChI=1S/C24H31N5O2.C4H4O4/c1-25-14-20-22(30-15-18-2-3-18)7-5-19-21(28-31-24(19)20)6-4-17-9-12-29(13-10-17)23-8-11-26-16-27-23;5-3(6)1-2-4(7)8/h5,7-8,11,16-18,25H,2-4,6,9-10,12-15H2,1H3;1-2H,(H,5,6)(H,7,8). The Morgan fingerprint density at radius 2 is 1.85 bits per heavy atom. The minimum atomic E-state index is -1.26. The third-order valence-electron chi connectivity index (χ3n) is 6.96. The molecule has 2 aromatic heterocycles. The number of benzene rings is 1. The molecule has 1 aliphatic carbocycles. The third-order valence-corrected chi connectivity index (χ3v) is 6.96. The normalized spacial score (nSPS) is 15.8. The number of hydrogen-bond donors (Lipinski definition) is 3. The van der Waals surface area contributed by atoms with Crippen LogP contribution in [0.25, 0.3) is 11.0 Å². The first-order valence-corrected chi connectivity index (χ1v) is 13.3. The molecular weight excluding hydrogens is 502 g/mol. The number of piperidine rings is 1. The van der Waals surface area contributed by atoms with E-state index in [1.165, 1.54) is 25.7 Å². The number of nitrogens with zero attached hydrogens (tertiary/aromatic N) is 4. The minimum absolute atomic E-state index is 0.558. The fraction of sp³-hybridized carbons (Fsp3) is 0.464. The Balaban J connectivity index is 0.000000386. The zero-order valence-electron chi connectivity index (χ0n) is 22.1. The SMILES string of the molecule is CNCc1c(OCC2CC2)ccc2c(CCC3CCN(c4ccncn4)CC3)noc12.O=C(O)C=CC(=O)O. The van der Waals surface area contributed by atoms with Crippen LogP contribution in [0, 0.1) is 11.8 Å². The first kappa shape index (κ1) is 28.0. The van der Waals surface area contributed by atoms with E-state index in [1.54, 1.807) is 6.33 Å². The van der Waals surface area contributed by atoms with E-state index in [0.29, 0.717) is 24.6 Å². The molecule has 11 nitrogen and oxygen atoms in total. The number of carbonyl (C=O) groups is 2. The molecule has 0 unspecified atom stereocenters. The van der Waals surface area contributed by atoms with Crippen molar-refractivity contribution in [3.63, 3.8) is 0 Å². The van der Waals surface area contributed by atoms with Crippen LogP contribution in [-0.2, 0) is 22.6 Å². The van der Waals surface area contributed by atoms with Crippen molar-refractivity contribution in [1.82, 2.24) is 20.4 Å². The Morgan fingerprint density at radius 3 is 2.46 bits per heavy atom. The molecule has 3 N–H and O–H groups in total. The lowest BCUT2D eigenvalue weighted by atomic mass is 9.91. The van der Waals surface area contributed by atoms with Crippen LogP contribution in [0.3, 0.4) is 0 Å². The van der Waals surface area contributed by atoms with Gasteiger partial charge in [-0.15, -0.1) is 0 Å². The van der Waals surface area contributed by atoms with E-state index >= 15 is 0 Å². The van der Waals surface area contributed by atoms with Crippen LogP contribution >= 0.6 is 0 Å². The second-order valence-electron chi connectivity index (χ2n) is 9.88. The molecule has 11 heteroatoms. The fourth-order valence-corrected chi connectivity index (χ4v) is 4.65. The first-order chi connectivity index (χ1) is 18.9. The number of fused-ring (bicyclic) bond motifs is 1. The summed E-state index contributed by atoms with van der Waals surface area (Å²) in [6.07, 6.45) is 11.6. The van der Waals surface area contributed by atoms with Gasteiger partial charge in [0.05, 0.1) is 17.9 Å². The summed E-state index contributed by atoms with van der Waals surface area (Å²) in [5.74, 6) is 0.882. The number of nitrogens with one attached hydrogen (secondary N) is 1. The van der Waals surface area contributed by atoms with Gasteiger partial charge >= 0.3 is 11.9 Å². The molecule has 0 bridgehead atoms. The monoisotopic (exact) mass is 537 g/mol. The summed E-state index contributed by atoms with van der Waals surface area (Å²) in [4.78, 5) is 29.9. The van der Waals surface area contributed by atoms with E-state index < -0.39 is 11.9 Å². The highest BCUT2D eigenvalue weighted by Crippen LogP contribution is 2.34. The van der Waals surface area contributed by atoms with Gasteiger partial charge in [0.15, 0.2) is 5.58 Å². The summed E-state index contributed by atoms with van der Waals surface area (Å²) in [6.45, 7) is 3.62. The Bertz CT molecular complexity index is 1250. The summed E-state index contributed by atoms with van der Waals surface area (Å²) in [7, 11) is 1.95. The molecule has 1 aromatic carbocycles. The van der Waals surface area contributed by atoms with E-state index in [1.807, 2.05) is 19.3 Å². The highest BCUT2D eigenvalue weighted by Gasteiger charge is 2.24. The van der Waals surface area contributed by atoms with E-state index in [2.05, 4.69) is 37.5 Å². The number of carboxylic acids is 2. The van der Waals surface area contributed by atoms with Crippen molar-refractivity contribution in [2.75, 3.05) is 31.6 Å². The van der Waals surface area contributed by atoms with Crippen LogP contribution in [0.2, 0.25) is 0 Å². The van der Waals surface area contributed by atoms with Crippen LogP contribution in [-0.4, -0.2) is 64.0 Å². The molecule has 3 aromatic rings. The number of rotatable bonds is 11. The third kappa shape index (κ3) is 8.25. The van der Waals surface area contributed by atoms with Crippen molar-refractivity contribution in [3.8, 4) is 5.75 Å². The second-order valence-corrected chi connectivity index (χ2v) is 9.88. The lowest BCUT2D eigenvalue weighted by Crippen LogP contribution is -2.34. The van der Waals surface area contributed by atoms with Crippen molar-refractivity contribution in [3.05, 3.63) is 54.1 Å². The molecule has 0 amide bonds. The molecule has 3 heterocycles. The summed E-state index contributed by atoms with van der Waals surface area (Å²) in [5, 5.41) is 24.4. The Morgan fingerprint density at radius 1 is 1.10 bits per heavy atom. The van der Waals surface area contributed by atoms with E-state index in [9.17, 15) is 9.59 Å². The van der Waals surface area contributed by atoms with Gasteiger partial charge in [-0.1, -0.05) is 5.16 Å². The zero-order chi connectivity index (χ0) is 27.6. The maximum atomic E-state index is 9.55. The summed E-state index contributed by atoms with van der Waals surface area (Å²) in [5.41, 5.74) is 3.02. The van der Waals surface area contributed by atoms with Crippen LogP contribution in [0.15, 0.2) is 47.4 Å². The Hall–Kier alpha value is -3.99. The van der Waals surface area contributed by atoms with Crippen LogP contribution in [0.1, 0.15) is 43.4 Å². The topological polar surface area (TPSA) is 151 Å². The average molecular weight is 538 g/mol. The second kappa shape index (κ2) is 13.7. The van der Waals surface area contributed by atoms with Crippen molar-refractivity contribution >= 4 is 28.7 Å². The van der Waals surface area contributed by atoms with Crippen LogP contribution in [0.5, 0.6) is 5.75 Å². The van der Waals surface area contributed by atoms with Crippen molar-refractivity contribution < 1.29 is 29.1 Å². The van der Waals surface area contributed by atoms with Crippen molar-refractivity contribution in [2.45, 2.75) is 45.1 Å². The van der Waals surface area contributed by atoms with Crippen molar-refractivity contribution in [2.24, 2.45) is 11.8 Å². The number of hydrogen-bond acceptors (Lipinski definition) is 9. The predicted molar refractivity (Wildman–Crippen MR) is 145 cm³/mol. The predicted octanol–water partition coefficient (Wildman–Crippen LogP) is 3.69. The van der Waals surface area contributed by atoms with E-state index in [0.717, 1.165) is 72.2 Å². The Labute approximate surface area is 226 Å². The van der Waals surface area contributed by atoms with Gasteiger partial charge < -0.3 is 29.7 Å². The number of ether oxygens (including phenoxy) is 1. The van der Waals surface area contributed by atoms with Crippen molar-refractivity contribution in [1.29, 1.82) is 0 Å². The number of carboxylic acid groups (broad SMARTS) is 2. The van der Waals surface area contributed by atoms with Gasteiger partial charge in [-0.25, -0.2) is 19.6 Å². The molecule has 2 fully saturated rings. The number of aryl methyl sites for hydroxylation is 1. The minimum Gasteiger partial charge on any atom is -0.493 e. The smallest absolute Gasteiger partial charge is 0.328 e. The molecular formula is C28H35N5O6. The van der Waals surface area contributed by atoms with Gasteiger partial charge in [-0.3, -0.25) is 0 Å². The maximum absolute atomic E-state index is 9.55. The summed E-state index contributed by atoms with van der Waals surface area (Å²) < 4.78 is 11.9. The highest BCUT2D eigenvalue weighted by atomic mass is 16.5. The molecule has 0 atom stereocenters. The van der Waals surface area contributed by atoms with Gasteiger partial charge in [0.1, 0.15) is 17.9 Å². The summed E-state index contributed by atoms with van der Waals surface area (Å²) >= 11 is 0. The van der Waals surface area contributed by atoms with Gasteiger partial charge in [-0.05, 0) is 75.6 Å². The quantitative estimate of drug-likeness (QED) is 0.307. The molecule has 1 saturated carbocycles. The lowest BCUT2D eigenvalue weighted by molar-refractivity contribution is -0.134. The maximum Gasteiger partial charge on any atom is 0.328 e. The molecule has 5 rings (SSSR count). The van der Waals surface area contributed by atoms with Crippen LogP contribution in [0.4, 0.5) is 5.82 Å². The van der Waals surface area contributed by atoms with Gasteiger partial charge in [0.25, 0.3) is 0 Å². The molecule has 208 valence electrons. The lowest BCUT2D eigenvalue weighted by Gasteiger charge is -2.32. The molecule has 0 radical (unpaired) electrons. The molecule has 39 heavy (non-hydrogen) atoms. The highest BCUT2D eigenvalue weighted by molar-refractivity contribution is 5.89. The van der Waals surface area contributed by atoms with Gasteiger partial charge in [0.2, 0.25) is 0 Å².